The minimum atomic E-state index is -0.501. The van der Waals surface area contributed by atoms with Gasteiger partial charge in [0.1, 0.15) is 5.01 Å². The molecule has 0 radical (unpaired) electrons. The van der Waals surface area contributed by atoms with Gasteiger partial charge >= 0.3 is 0 Å². The largest absolute Gasteiger partial charge is 0.282 e. The van der Waals surface area contributed by atoms with E-state index in [0.717, 1.165) is 33.7 Å². The van der Waals surface area contributed by atoms with Crippen LogP contribution in [0.5, 0.6) is 0 Å². The number of H-pyrrole nitrogens is 1. The molecule has 0 unspecified atom stereocenters. The van der Waals surface area contributed by atoms with E-state index in [0.29, 0.717) is 17.2 Å². The fraction of sp³-hybridized carbons (Fsp3) is 0.120. The summed E-state index contributed by atoms with van der Waals surface area (Å²) in [5.41, 5.74) is 4.10. The number of amides is 1. The first-order chi connectivity index (χ1) is 17.5. The lowest BCUT2D eigenvalue weighted by Gasteiger charge is -2.08. The first kappa shape index (κ1) is 24.1. The highest BCUT2D eigenvalue weighted by Crippen LogP contribution is 2.30. The molecule has 0 fully saturated rings. The summed E-state index contributed by atoms with van der Waals surface area (Å²) in [5, 5.41) is 20.4. The van der Waals surface area contributed by atoms with Crippen LogP contribution in [-0.4, -0.2) is 36.3 Å². The average Bonchev–Trinajstić information content (AvgIpc) is 3.55. The second kappa shape index (κ2) is 10.5. The van der Waals surface area contributed by atoms with Crippen molar-refractivity contribution in [2.45, 2.75) is 19.9 Å². The van der Waals surface area contributed by atoms with Crippen LogP contribution in [-0.2, 0) is 13.0 Å². The van der Waals surface area contributed by atoms with Gasteiger partial charge in [-0.3, -0.25) is 4.79 Å². The maximum atomic E-state index is 12.9. The number of hydrogen-bond donors (Lipinski definition) is 1. The molecule has 0 aliphatic carbocycles. The van der Waals surface area contributed by atoms with Crippen LogP contribution in [0.3, 0.4) is 0 Å². The van der Waals surface area contributed by atoms with Gasteiger partial charge in [-0.25, -0.2) is 4.68 Å². The highest BCUT2D eigenvalue weighted by Gasteiger charge is 2.15. The molecule has 3 aromatic carbocycles. The summed E-state index contributed by atoms with van der Waals surface area (Å²) in [6.45, 7) is 2.46. The van der Waals surface area contributed by atoms with Crippen molar-refractivity contribution in [1.29, 1.82) is 0 Å². The van der Waals surface area contributed by atoms with Gasteiger partial charge in [0.25, 0.3) is 5.91 Å². The van der Waals surface area contributed by atoms with Gasteiger partial charge in [-0.05, 0) is 40.5 Å². The molecule has 1 N–H and O–H groups in total. The van der Waals surface area contributed by atoms with Crippen LogP contribution in [0.1, 0.15) is 27.9 Å². The molecule has 2 heterocycles. The molecular formula is C25H19Cl2N7OS. The lowest BCUT2D eigenvalue weighted by molar-refractivity contribution is 0.0998. The van der Waals surface area contributed by atoms with Crippen molar-refractivity contribution in [2.75, 3.05) is 0 Å². The van der Waals surface area contributed by atoms with Crippen LogP contribution in [0.25, 0.3) is 22.5 Å². The summed E-state index contributed by atoms with van der Waals surface area (Å²) < 4.78 is 1.73. The lowest BCUT2D eigenvalue weighted by Crippen LogP contribution is -2.19. The van der Waals surface area contributed by atoms with E-state index in [9.17, 15) is 4.79 Å². The van der Waals surface area contributed by atoms with E-state index in [1.165, 1.54) is 11.3 Å². The number of rotatable bonds is 6. The van der Waals surface area contributed by atoms with Crippen molar-refractivity contribution >= 4 is 40.4 Å². The molecule has 0 bridgehead atoms. The van der Waals surface area contributed by atoms with Crippen molar-refractivity contribution in [3.63, 3.8) is 0 Å². The number of aromatic amines is 1. The second-order valence-corrected chi connectivity index (χ2v) is 9.64. The molecule has 1 amide bonds. The molecule has 36 heavy (non-hydrogen) atoms. The maximum Gasteiger partial charge on any atom is 0.282 e. The van der Waals surface area contributed by atoms with Crippen molar-refractivity contribution in [2.24, 2.45) is 4.99 Å². The summed E-state index contributed by atoms with van der Waals surface area (Å²) >= 11 is 13.8. The van der Waals surface area contributed by atoms with Gasteiger partial charge in [0.05, 0.1) is 22.2 Å². The van der Waals surface area contributed by atoms with Gasteiger partial charge in [0.15, 0.2) is 0 Å². The van der Waals surface area contributed by atoms with E-state index in [1.54, 1.807) is 22.9 Å². The van der Waals surface area contributed by atoms with Gasteiger partial charge < -0.3 is 0 Å². The lowest BCUT2D eigenvalue weighted by atomic mass is 9.98. The van der Waals surface area contributed by atoms with Gasteiger partial charge in [-0.1, -0.05) is 96.1 Å². The number of benzene rings is 3. The van der Waals surface area contributed by atoms with E-state index in [2.05, 4.69) is 30.7 Å². The zero-order chi connectivity index (χ0) is 25.1. The second-order valence-electron chi connectivity index (χ2n) is 7.78. The van der Waals surface area contributed by atoms with E-state index in [-0.39, 0.29) is 15.6 Å². The highest BCUT2D eigenvalue weighted by molar-refractivity contribution is 7.08. The summed E-state index contributed by atoms with van der Waals surface area (Å²) in [4.78, 5) is 17.7. The third-order valence-corrected chi connectivity index (χ3v) is 7.17. The molecular weight excluding hydrogens is 517 g/mol. The Morgan fingerprint density at radius 2 is 1.72 bits per heavy atom. The highest BCUT2D eigenvalue weighted by atomic mass is 35.5. The minimum Gasteiger partial charge on any atom is -0.267 e. The molecule has 2 aromatic heterocycles. The third kappa shape index (κ3) is 4.99. The van der Waals surface area contributed by atoms with E-state index in [1.807, 2.05) is 55.5 Å². The van der Waals surface area contributed by atoms with Crippen molar-refractivity contribution in [3.8, 4) is 22.5 Å². The van der Waals surface area contributed by atoms with Gasteiger partial charge in [-0.2, -0.15) is 15.3 Å². The van der Waals surface area contributed by atoms with Crippen molar-refractivity contribution in [3.05, 3.63) is 97.7 Å². The molecule has 0 atom stereocenters. The first-order valence-corrected chi connectivity index (χ1v) is 12.6. The Kier molecular flexibility index (Phi) is 7.04. The normalized spacial score (nSPS) is 11.7. The fourth-order valence-electron chi connectivity index (χ4n) is 3.70. The molecule has 0 aliphatic heterocycles. The Labute approximate surface area is 220 Å². The smallest absolute Gasteiger partial charge is 0.267 e. The van der Waals surface area contributed by atoms with Crippen molar-refractivity contribution in [1.82, 2.24) is 30.4 Å². The molecule has 11 heteroatoms. The number of aromatic nitrogens is 6. The van der Waals surface area contributed by atoms with Crippen LogP contribution < -0.4 is 4.80 Å². The third-order valence-electron chi connectivity index (χ3n) is 5.45. The van der Waals surface area contributed by atoms with Gasteiger partial charge in [0, 0.05) is 5.56 Å². The Morgan fingerprint density at radius 3 is 2.39 bits per heavy atom. The van der Waals surface area contributed by atoms with Crippen molar-refractivity contribution < 1.29 is 4.79 Å². The maximum absolute atomic E-state index is 12.9. The predicted octanol–water partition coefficient (Wildman–Crippen LogP) is 5.45. The van der Waals surface area contributed by atoms with E-state index >= 15 is 0 Å². The van der Waals surface area contributed by atoms with Crippen LogP contribution >= 0.6 is 34.5 Å². The number of nitrogens with zero attached hydrogens (tertiary/aromatic N) is 6. The monoisotopic (exact) mass is 535 g/mol. The average molecular weight is 536 g/mol. The van der Waals surface area contributed by atoms with Crippen LogP contribution in [0.15, 0.2) is 71.7 Å². The SMILES string of the molecule is CCc1nn(Cc2ccc(-c3ccccc3-c3nn[nH]n3)cc2)c(=NC(=O)c2c(Cl)cccc2Cl)s1. The molecule has 5 rings (SSSR count). The Hall–Kier alpha value is -3.66. The fourth-order valence-corrected chi connectivity index (χ4v) is 5.09. The zero-order valence-corrected chi connectivity index (χ0v) is 21.3. The number of nitrogens with one attached hydrogen (secondary N) is 1. The molecule has 180 valence electrons. The van der Waals surface area contributed by atoms with E-state index < -0.39 is 5.91 Å². The quantitative estimate of drug-likeness (QED) is 0.311. The Morgan fingerprint density at radius 1 is 1.00 bits per heavy atom. The molecule has 0 aliphatic rings. The molecule has 0 saturated heterocycles. The Bertz CT molecular complexity index is 1570. The summed E-state index contributed by atoms with van der Waals surface area (Å²) in [5.74, 6) is 0.0356. The Balaban J connectivity index is 1.45. The minimum absolute atomic E-state index is 0.184. The summed E-state index contributed by atoms with van der Waals surface area (Å²) in [7, 11) is 0. The number of carbonyl (C=O) groups is 1. The number of aryl methyl sites for hydroxylation is 1. The molecule has 0 saturated carbocycles. The number of hydrogen-bond acceptors (Lipinski definition) is 6. The molecule has 5 aromatic rings. The van der Waals surface area contributed by atoms with Crippen LogP contribution in [0.4, 0.5) is 0 Å². The number of tetrazole rings is 1. The van der Waals surface area contributed by atoms with Gasteiger partial charge in [-0.15, -0.1) is 10.2 Å². The van der Waals surface area contributed by atoms with Crippen LogP contribution in [0.2, 0.25) is 10.0 Å². The molecule has 0 spiro atoms. The zero-order valence-electron chi connectivity index (χ0n) is 19.0. The van der Waals surface area contributed by atoms with E-state index in [4.69, 9.17) is 23.2 Å². The summed E-state index contributed by atoms with van der Waals surface area (Å²) in [6.07, 6.45) is 0.729. The summed E-state index contributed by atoms with van der Waals surface area (Å²) in [6, 6.07) is 20.9. The van der Waals surface area contributed by atoms with Crippen LogP contribution in [0, 0.1) is 0 Å². The predicted molar refractivity (Wildman–Crippen MR) is 140 cm³/mol. The number of halogens is 2. The molecule has 8 nitrogen and oxygen atoms in total. The standard InChI is InChI=1S/C25H19Cl2N7OS/c1-2-21-31-34(25(36-21)28-24(35)22-19(26)8-5-9-20(22)27)14-15-10-12-16(13-11-15)17-6-3-4-7-18(17)23-29-32-33-30-23/h3-13H,2,14H2,1H3,(H,29,30,32,33). The van der Waals surface area contributed by atoms with Gasteiger partial charge in [0.2, 0.25) is 10.6 Å². The first-order valence-electron chi connectivity index (χ1n) is 11.1. The number of carbonyl (C=O) groups excluding carboxylic acids is 1. The topological polar surface area (TPSA) is 102 Å².